The van der Waals surface area contributed by atoms with E-state index in [0.717, 1.165) is 12.1 Å². The summed E-state index contributed by atoms with van der Waals surface area (Å²) in [4.78, 5) is 54.9. The maximum absolute atomic E-state index is 16.5. The van der Waals surface area contributed by atoms with Crippen LogP contribution < -0.4 is 33.7 Å². The van der Waals surface area contributed by atoms with Gasteiger partial charge in [-0.3, -0.25) is 19.2 Å². The molecule has 0 radical (unpaired) electrons. The molecule has 70 heavy (non-hydrogen) atoms. The van der Waals surface area contributed by atoms with Crippen LogP contribution in [0.4, 0.5) is 81.6 Å². The SMILES string of the molecule is Nc1ccc(-c2ccc(-n3c(=O)c4c(F)c5sc6c(F)c7c(=O)n(-c8ccc(-c9ccc(N)cc9C(F)(F)F)c(C(F)(F)F)c8)c(=O)c7c(F)c6sc5c(F)c4c3=O)cc2C(F)(F)F)c(C(F)(F)F)c1. The molecule has 9 aromatic rings. The van der Waals surface area contributed by atoms with Crippen LogP contribution in [0, 0.1) is 23.3 Å². The van der Waals surface area contributed by atoms with E-state index in [1.165, 1.54) is 0 Å². The van der Waals surface area contributed by atoms with E-state index in [2.05, 4.69) is 0 Å². The Labute approximate surface area is 382 Å². The molecule has 0 bridgehead atoms. The van der Waals surface area contributed by atoms with Gasteiger partial charge in [-0.15, -0.1) is 22.7 Å². The second-order valence-corrected chi connectivity index (χ2v) is 17.3. The molecule has 0 fully saturated rings. The van der Waals surface area contributed by atoms with Crippen molar-refractivity contribution < 1.29 is 70.2 Å². The van der Waals surface area contributed by atoms with E-state index < -0.39 is 178 Å². The first kappa shape index (κ1) is 47.6. The lowest BCUT2D eigenvalue weighted by Gasteiger charge is -2.19. The van der Waals surface area contributed by atoms with Gasteiger partial charge in [-0.25, -0.2) is 26.7 Å². The second-order valence-electron chi connectivity index (χ2n) is 15.2. The minimum absolute atomic E-state index is 0.0635. The van der Waals surface area contributed by atoms with Crippen molar-refractivity contribution in [2.24, 2.45) is 0 Å². The standard InChI is InChI=1S/C44H16F16N4O4S2/c45-29-25-26(38(66)63(37(25)65)15-3-7-19(23(11-15)43(55,56)57)17-5-1-13(61)9-21(17)41(49,50)51)30(46)34-33(29)69-35-31(47)27-28(32(48)36(35)70-34)40(68)64(39(27)67)16-4-8-20(24(12-16)44(58,59)60)18-6-2-14(62)10-22(18)42(52,53)54/h1-12H,61-62H2. The number of hydrogen-bond donors (Lipinski definition) is 2. The van der Waals surface area contributed by atoms with Crippen LogP contribution in [0.2, 0.25) is 0 Å². The summed E-state index contributed by atoms with van der Waals surface area (Å²) in [5, 5.41) is -5.79. The van der Waals surface area contributed by atoms with Gasteiger partial charge in [-0.05, 0) is 70.8 Å². The van der Waals surface area contributed by atoms with Crippen molar-refractivity contribution in [2.45, 2.75) is 24.7 Å². The van der Waals surface area contributed by atoms with Crippen molar-refractivity contribution in [3.8, 4) is 33.6 Å². The molecule has 0 atom stereocenters. The molecule has 4 N–H and O–H groups in total. The maximum atomic E-state index is 16.5. The molecule has 6 aromatic carbocycles. The molecular formula is C44H16F16N4O4S2. The van der Waals surface area contributed by atoms with Crippen LogP contribution in [0.1, 0.15) is 22.3 Å². The molecule has 0 unspecified atom stereocenters. The van der Waals surface area contributed by atoms with Gasteiger partial charge in [0.05, 0.1) is 74.0 Å². The van der Waals surface area contributed by atoms with Crippen LogP contribution in [0.5, 0.6) is 0 Å². The summed E-state index contributed by atoms with van der Waals surface area (Å²) in [6.45, 7) is 0. The number of nitrogen functional groups attached to an aromatic ring is 2. The lowest BCUT2D eigenvalue weighted by molar-refractivity contribution is -0.139. The molecule has 0 saturated carbocycles. The zero-order valence-electron chi connectivity index (χ0n) is 33.5. The highest BCUT2D eigenvalue weighted by Crippen LogP contribution is 2.47. The second kappa shape index (κ2) is 15.5. The van der Waals surface area contributed by atoms with E-state index >= 15 is 17.6 Å². The summed E-state index contributed by atoms with van der Waals surface area (Å²) in [6.07, 6.45) is -21.5. The number of hydrogen-bond acceptors (Lipinski definition) is 8. The fraction of sp³-hybridized carbons (Fsp3) is 0.0909. The zero-order valence-corrected chi connectivity index (χ0v) is 35.1. The van der Waals surface area contributed by atoms with Gasteiger partial charge >= 0.3 is 24.7 Å². The smallest absolute Gasteiger partial charge is 0.399 e. The Balaban J connectivity index is 1.24. The number of aromatic nitrogens is 2. The first-order valence-electron chi connectivity index (χ1n) is 19.0. The highest BCUT2D eigenvalue weighted by Gasteiger charge is 2.41. The Hall–Kier alpha value is -7.48. The van der Waals surface area contributed by atoms with E-state index in [1.807, 2.05) is 0 Å². The number of nitrogens with two attached hydrogens (primary N) is 2. The predicted octanol–water partition coefficient (Wildman–Crippen LogP) is 12.0. The minimum atomic E-state index is -5.50. The summed E-state index contributed by atoms with van der Waals surface area (Å²) in [5.74, 6) is -7.34. The van der Waals surface area contributed by atoms with Crippen LogP contribution in [-0.2, 0) is 24.7 Å². The van der Waals surface area contributed by atoms with Gasteiger partial charge in [0, 0.05) is 11.4 Å². The number of nitrogens with zero attached hydrogens (tertiary/aromatic N) is 2. The first-order valence-corrected chi connectivity index (χ1v) is 20.7. The zero-order chi connectivity index (χ0) is 51.2. The Bertz CT molecular complexity index is 3630. The van der Waals surface area contributed by atoms with Crippen LogP contribution >= 0.6 is 22.7 Å². The lowest BCUT2D eigenvalue weighted by atomic mass is 9.93. The van der Waals surface area contributed by atoms with Crippen molar-refractivity contribution in [3.63, 3.8) is 0 Å². The normalized spacial score (nSPS) is 12.9. The van der Waals surface area contributed by atoms with E-state index in [4.69, 9.17) is 11.5 Å². The van der Waals surface area contributed by atoms with Gasteiger partial charge in [-0.1, -0.05) is 24.3 Å². The molecule has 0 aliphatic rings. The summed E-state index contributed by atoms with van der Waals surface area (Å²) in [6, 6.07) is 5.88. The monoisotopic (exact) mass is 1030 g/mol. The topological polar surface area (TPSA) is 130 Å². The van der Waals surface area contributed by atoms with Gasteiger partial charge in [-0.2, -0.15) is 52.7 Å². The molecule has 8 nitrogen and oxygen atoms in total. The summed E-state index contributed by atoms with van der Waals surface area (Å²) >= 11 is -0.396. The number of halogens is 16. The molecule has 0 aliphatic carbocycles. The largest absolute Gasteiger partial charge is 0.417 e. The quantitative estimate of drug-likeness (QED) is 0.103. The third-order valence-electron chi connectivity index (χ3n) is 11.1. The number of anilines is 2. The van der Waals surface area contributed by atoms with Crippen molar-refractivity contribution in [3.05, 3.63) is 160 Å². The lowest BCUT2D eigenvalue weighted by Crippen LogP contribution is -2.24. The minimum Gasteiger partial charge on any atom is -0.399 e. The van der Waals surface area contributed by atoms with Gasteiger partial charge in [0.1, 0.15) is 0 Å². The van der Waals surface area contributed by atoms with Crippen molar-refractivity contribution in [2.75, 3.05) is 11.5 Å². The van der Waals surface area contributed by atoms with Gasteiger partial charge in [0.25, 0.3) is 22.2 Å². The Kier molecular flexibility index (Phi) is 10.5. The molecule has 0 aliphatic heterocycles. The molecular weight excluding hydrogens is 1020 g/mol. The fourth-order valence-corrected chi connectivity index (χ4v) is 10.5. The average molecular weight is 1030 g/mol. The molecule has 9 rings (SSSR count). The number of alkyl halides is 12. The molecule has 0 spiro atoms. The van der Waals surface area contributed by atoms with E-state index in [1.54, 1.807) is 0 Å². The van der Waals surface area contributed by atoms with Gasteiger partial charge in [0.2, 0.25) is 0 Å². The molecule has 0 amide bonds. The third kappa shape index (κ3) is 7.20. The summed E-state index contributed by atoms with van der Waals surface area (Å²) < 4.78 is 232. The predicted molar refractivity (Wildman–Crippen MR) is 227 cm³/mol. The average Bonchev–Trinajstić information content (AvgIpc) is 3.69. The van der Waals surface area contributed by atoms with Crippen molar-refractivity contribution >= 4 is 74.4 Å². The Morgan fingerprint density at radius 3 is 0.829 bits per heavy atom. The molecule has 0 saturated heterocycles. The highest BCUT2D eigenvalue weighted by molar-refractivity contribution is 7.36. The molecule has 3 aromatic heterocycles. The molecule has 26 heteroatoms. The molecule has 3 heterocycles. The summed E-state index contributed by atoms with van der Waals surface area (Å²) in [5.41, 5.74) is -10.7. The highest BCUT2D eigenvalue weighted by atomic mass is 32.1. The van der Waals surface area contributed by atoms with Crippen LogP contribution in [0.3, 0.4) is 0 Å². The first-order chi connectivity index (χ1) is 32.4. The maximum Gasteiger partial charge on any atom is 0.417 e. The third-order valence-corrected chi connectivity index (χ3v) is 13.7. The van der Waals surface area contributed by atoms with Crippen LogP contribution in [-0.4, -0.2) is 9.13 Å². The van der Waals surface area contributed by atoms with Crippen LogP contribution in [0.25, 0.3) is 74.0 Å². The fourth-order valence-electron chi connectivity index (χ4n) is 8.11. The van der Waals surface area contributed by atoms with Crippen molar-refractivity contribution in [1.82, 2.24) is 9.13 Å². The number of fused-ring (bicyclic) bond motifs is 4. The Morgan fingerprint density at radius 2 is 0.586 bits per heavy atom. The summed E-state index contributed by atoms with van der Waals surface area (Å²) in [7, 11) is 0. The number of rotatable bonds is 4. The number of benzene rings is 6. The molecule has 360 valence electrons. The Morgan fingerprint density at radius 1 is 0.357 bits per heavy atom. The van der Waals surface area contributed by atoms with E-state index in [9.17, 15) is 71.9 Å². The van der Waals surface area contributed by atoms with E-state index in [0.29, 0.717) is 48.5 Å². The van der Waals surface area contributed by atoms with Crippen LogP contribution in [0.15, 0.2) is 92.0 Å². The van der Waals surface area contributed by atoms with Gasteiger partial charge in [0.15, 0.2) is 23.3 Å². The van der Waals surface area contributed by atoms with E-state index in [-0.39, 0.29) is 43.9 Å². The van der Waals surface area contributed by atoms with Crippen molar-refractivity contribution in [1.29, 1.82) is 0 Å². The van der Waals surface area contributed by atoms with Gasteiger partial charge < -0.3 is 11.5 Å².